The Morgan fingerprint density at radius 1 is 1.17 bits per heavy atom. The van der Waals surface area contributed by atoms with E-state index in [0.717, 1.165) is 17.9 Å². The zero-order valence-electron chi connectivity index (χ0n) is 11.9. The minimum atomic E-state index is 0.308. The fourth-order valence-electron chi connectivity index (χ4n) is 3.80. The lowest BCUT2D eigenvalue weighted by Gasteiger charge is -2.33. The molecule has 3 aliphatic rings. The van der Waals surface area contributed by atoms with Gasteiger partial charge in [-0.15, -0.1) is 0 Å². The Morgan fingerprint density at radius 2 is 2.00 bits per heavy atom. The molecule has 3 heteroatoms. The molecule has 0 amide bonds. The Kier molecular flexibility index (Phi) is 3.38. The van der Waals surface area contributed by atoms with E-state index in [-0.39, 0.29) is 0 Å². The number of amidine groups is 1. The van der Waals surface area contributed by atoms with Crippen molar-refractivity contribution >= 4 is 16.9 Å². The van der Waals surface area contributed by atoms with Crippen LogP contribution in [0.5, 0.6) is 0 Å². The Labute approximate surface area is 115 Å². The summed E-state index contributed by atoms with van der Waals surface area (Å²) in [7, 11) is 0. The van der Waals surface area contributed by atoms with Crippen molar-refractivity contribution in [2.75, 3.05) is 5.75 Å². The van der Waals surface area contributed by atoms with Gasteiger partial charge in [0, 0.05) is 11.8 Å². The number of hydrogen-bond donors (Lipinski definition) is 1. The van der Waals surface area contributed by atoms with Crippen LogP contribution in [0.25, 0.3) is 0 Å². The second kappa shape index (κ2) is 4.73. The van der Waals surface area contributed by atoms with Gasteiger partial charge in [-0.2, -0.15) is 0 Å². The molecular formula is C15H26N2S. The quantitative estimate of drug-likeness (QED) is 0.783. The Bertz CT molecular complexity index is 345. The molecule has 1 N–H and O–H groups in total. The molecule has 2 aliphatic carbocycles. The second-order valence-corrected chi connectivity index (χ2v) is 8.46. The van der Waals surface area contributed by atoms with E-state index in [4.69, 9.17) is 4.99 Å². The number of aliphatic imine (C=N–C) groups is 1. The molecule has 0 aromatic heterocycles. The highest BCUT2D eigenvalue weighted by atomic mass is 32.2. The minimum Gasteiger partial charge on any atom is -0.362 e. The number of nitrogens with one attached hydrogen (secondary N) is 1. The summed E-state index contributed by atoms with van der Waals surface area (Å²) < 4.78 is 0. The molecule has 2 fully saturated rings. The first-order valence-electron chi connectivity index (χ1n) is 7.49. The van der Waals surface area contributed by atoms with Gasteiger partial charge >= 0.3 is 0 Å². The monoisotopic (exact) mass is 266 g/mol. The summed E-state index contributed by atoms with van der Waals surface area (Å²) in [5, 5.41) is 5.00. The number of nitrogens with zero attached hydrogens (tertiary/aromatic N) is 1. The van der Waals surface area contributed by atoms with Crippen LogP contribution in [0.4, 0.5) is 0 Å². The number of fused-ring (bicyclic) bond motifs is 2. The Hall–Kier alpha value is -0.180. The SMILES string of the molecule is CC(C)(C)C1CCSC(NC2CC3CCC2C3)=N1. The van der Waals surface area contributed by atoms with Gasteiger partial charge in [0.15, 0.2) is 5.17 Å². The Morgan fingerprint density at radius 3 is 2.61 bits per heavy atom. The van der Waals surface area contributed by atoms with Gasteiger partial charge in [-0.3, -0.25) is 4.99 Å². The Balaban J connectivity index is 1.64. The highest BCUT2D eigenvalue weighted by Crippen LogP contribution is 2.44. The van der Waals surface area contributed by atoms with Crippen molar-refractivity contribution in [2.45, 2.75) is 65.0 Å². The van der Waals surface area contributed by atoms with Crippen LogP contribution in [0.1, 0.15) is 52.9 Å². The van der Waals surface area contributed by atoms with Crippen molar-refractivity contribution < 1.29 is 0 Å². The molecule has 2 saturated carbocycles. The van der Waals surface area contributed by atoms with Gasteiger partial charge in [-0.1, -0.05) is 39.0 Å². The van der Waals surface area contributed by atoms with Crippen LogP contribution < -0.4 is 5.32 Å². The molecule has 0 radical (unpaired) electrons. The lowest BCUT2D eigenvalue weighted by atomic mass is 9.85. The smallest absolute Gasteiger partial charge is 0.157 e. The predicted octanol–water partition coefficient (Wildman–Crippen LogP) is 3.67. The number of hydrogen-bond acceptors (Lipinski definition) is 3. The maximum atomic E-state index is 4.97. The first-order chi connectivity index (χ1) is 8.52. The average Bonchev–Trinajstić information content (AvgIpc) is 2.90. The molecule has 18 heavy (non-hydrogen) atoms. The molecule has 0 aromatic carbocycles. The van der Waals surface area contributed by atoms with Crippen LogP contribution in [-0.2, 0) is 0 Å². The molecule has 4 atom stereocenters. The van der Waals surface area contributed by atoms with Crippen molar-refractivity contribution in [3.63, 3.8) is 0 Å². The fraction of sp³-hybridized carbons (Fsp3) is 0.933. The summed E-state index contributed by atoms with van der Waals surface area (Å²) in [5.74, 6) is 3.18. The minimum absolute atomic E-state index is 0.308. The van der Waals surface area contributed by atoms with Gasteiger partial charge in [0.05, 0.1) is 6.04 Å². The molecule has 4 unspecified atom stereocenters. The second-order valence-electron chi connectivity index (χ2n) is 7.38. The van der Waals surface area contributed by atoms with Crippen LogP contribution in [-0.4, -0.2) is 23.0 Å². The van der Waals surface area contributed by atoms with Crippen LogP contribution in [0, 0.1) is 17.3 Å². The van der Waals surface area contributed by atoms with Crippen LogP contribution in [0.3, 0.4) is 0 Å². The maximum Gasteiger partial charge on any atom is 0.157 e. The molecule has 0 aromatic rings. The third-order valence-electron chi connectivity index (χ3n) is 4.95. The third kappa shape index (κ3) is 2.56. The molecule has 3 rings (SSSR count). The highest BCUT2D eigenvalue weighted by molar-refractivity contribution is 8.13. The zero-order chi connectivity index (χ0) is 12.8. The fourth-order valence-corrected chi connectivity index (χ4v) is 4.77. The van der Waals surface area contributed by atoms with E-state index < -0.39 is 0 Å². The van der Waals surface area contributed by atoms with Gasteiger partial charge in [0.25, 0.3) is 0 Å². The van der Waals surface area contributed by atoms with E-state index in [0.29, 0.717) is 11.5 Å². The van der Waals surface area contributed by atoms with Crippen molar-refractivity contribution in [1.29, 1.82) is 0 Å². The van der Waals surface area contributed by atoms with Crippen molar-refractivity contribution in [3.05, 3.63) is 0 Å². The largest absolute Gasteiger partial charge is 0.362 e. The summed E-state index contributed by atoms with van der Waals surface area (Å²) in [4.78, 5) is 4.97. The summed E-state index contributed by atoms with van der Waals surface area (Å²) in [6.45, 7) is 6.94. The molecule has 0 saturated heterocycles. The third-order valence-corrected chi connectivity index (χ3v) is 5.89. The van der Waals surface area contributed by atoms with Crippen molar-refractivity contribution in [2.24, 2.45) is 22.2 Å². The lowest BCUT2D eigenvalue weighted by molar-refractivity contribution is 0.314. The van der Waals surface area contributed by atoms with Crippen molar-refractivity contribution in [1.82, 2.24) is 5.32 Å². The summed E-state index contributed by atoms with van der Waals surface area (Å²) in [6.07, 6.45) is 7.02. The van der Waals surface area contributed by atoms with E-state index in [1.165, 1.54) is 43.0 Å². The highest BCUT2D eigenvalue weighted by Gasteiger charge is 2.40. The van der Waals surface area contributed by atoms with Gasteiger partial charge in [0.2, 0.25) is 0 Å². The summed E-state index contributed by atoms with van der Waals surface area (Å²) in [6, 6.07) is 1.23. The number of rotatable bonds is 1. The van der Waals surface area contributed by atoms with Crippen LogP contribution in [0.15, 0.2) is 4.99 Å². The van der Waals surface area contributed by atoms with E-state index in [2.05, 4.69) is 26.1 Å². The van der Waals surface area contributed by atoms with E-state index >= 15 is 0 Å². The number of thioether (sulfide) groups is 1. The molecule has 1 heterocycles. The van der Waals surface area contributed by atoms with Gasteiger partial charge in [-0.05, 0) is 42.9 Å². The van der Waals surface area contributed by atoms with E-state index in [1.807, 2.05) is 11.8 Å². The topological polar surface area (TPSA) is 24.4 Å². The first kappa shape index (κ1) is 12.8. The first-order valence-corrected chi connectivity index (χ1v) is 8.48. The lowest BCUT2D eigenvalue weighted by Crippen LogP contribution is -2.40. The molecule has 1 aliphatic heterocycles. The maximum absolute atomic E-state index is 4.97. The van der Waals surface area contributed by atoms with Crippen molar-refractivity contribution in [3.8, 4) is 0 Å². The predicted molar refractivity (Wildman–Crippen MR) is 80.1 cm³/mol. The summed E-state index contributed by atoms with van der Waals surface area (Å²) >= 11 is 1.94. The van der Waals surface area contributed by atoms with Gasteiger partial charge in [0.1, 0.15) is 0 Å². The molecule has 102 valence electrons. The molecule has 2 bridgehead atoms. The molecule has 2 nitrogen and oxygen atoms in total. The standard InChI is InChI=1S/C15H26N2S/c1-15(2,3)13-6-7-18-14(17-13)16-12-9-10-4-5-11(12)8-10/h10-13H,4-9H2,1-3H3,(H,16,17). The van der Waals surface area contributed by atoms with E-state index in [9.17, 15) is 0 Å². The van der Waals surface area contributed by atoms with Crippen LogP contribution >= 0.6 is 11.8 Å². The summed E-state index contributed by atoms with van der Waals surface area (Å²) in [5.41, 5.74) is 0.308. The van der Waals surface area contributed by atoms with Gasteiger partial charge in [-0.25, -0.2) is 0 Å². The molecular weight excluding hydrogens is 240 g/mol. The van der Waals surface area contributed by atoms with Crippen LogP contribution in [0.2, 0.25) is 0 Å². The molecule has 0 spiro atoms. The normalized spacial score (nSPS) is 39.8. The van der Waals surface area contributed by atoms with Gasteiger partial charge < -0.3 is 5.32 Å². The zero-order valence-corrected chi connectivity index (χ0v) is 12.7. The average molecular weight is 266 g/mol. The van der Waals surface area contributed by atoms with E-state index in [1.54, 1.807) is 0 Å².